The quantitative estimate of drug-likeness (QED) is 0.639. The molecule has 21 heavy (non-hydrogen) atoms. The number of amides is 3. The van der Waals surface area contributed by atoms with Crippen molar-refractivity contribution in [1.82, 2.24) is 10.4 Å². The molecule has 0 saturated carbocycles. The predicted molar refractivity (Wildman–Crippen MR) is 75.3 cm³/mol. The molecule has 0 aliphatic carbocycles. The molecule has 0 spiro atoms. The number of carbonyl (C=O) groups excluding carboxylic acids is 3. The Morgan fingerprint density at radius 2 is 1.57 bits per heavy atom. The molecule has 3 N–H and O–H groups in total. The lowest BCUT2D eigenvalue weighted by Gasteiger charge is -2.15. The highest BCUT2D eigenvalue weighted by Gasteiger charge is 2.36. The zero-order chi connectivity index (χ0) is 15.0. The molecule has 0 fully saturated rings. The van der Waals surface area contributed by atoms with Gasteiger partial charge < -0.3 is 5.73 Å². The van der Waals surface area contributed by atoms with E-state index in [4.69, 9.17) is 5.73 Å². The highest BCUT2D eigenvalue weighted by molar-refractivity contribution is 6.22. The van der Waals surface area contributed by atoms with Crippen LogP contribution < -0.4 is 11.2 Å². The summed E-state index contributed by atoms with van der Waals surface area (Å²) >= 11 is 0. The molecule has 0 aromatic heterocycles. The Morgan fingerprint density at radius 1 is 0.952 bits per heavy atom. The second-order valence-corrected chi connectivity index (χ2v) is 4.56. The smallest absolute Gasteiger partial charge is 0.280 e. The maximum atomic E-state index is 12.1. The monoisotopic (exact) mass is 281 g/mol. The van der Waals surface area contributed by atoms with Gasteiger partial charge >= 0.3 is 0 Å². The minimum absolute atomic E-state index is 0.270. The Kier molecular flexibility index (Phi) is 2.91. The topological polar surface area (TPSA) is 92.5 Å². The summed E-state index contributed by atoms with van der Waals surface area (Å²) in [5, 5.41) is 0.718. The molecule has 0 radical (unpaired) electrons. The number of carbonyl (C=O) groups is 3. The average Bonchev–Trinajstić information content (AvgIpc) is 2.73. The number of rotatable bonds is 2. The molecule has 6 nitrogen and oxygen atoms in total. The number of anilines is 1. The lowest BCUT2D eigenvalue weighted by Crippen LogP contribution is -2.45. The molecule has 1 heterocycles. The average molecular weight is 281 g/mol. The molecule has 0 bridgehead atoms. The zero-order valence-corrected chi connectivity index (χ0v) is 10.9. The summed E-state index contributed by atoms with van der Waals surface area (Å²) in [7, 11) is 0. The van der Waals surface area contributed by atoms with Crippen LogP contribution in [-0.4, -0.2) is 22.7 Å². The summed E-state index contributed by atoms with van der Waals surface area (Å²) in [6.07, 6.45) is 0. The number of hydrazine groups is 1. The number of benzene rings is 2. The van der Waals surface area contributed by atoms with Crippen molar-refractivity contribution in [3.63, 3.8) is 0 Å². The van der Waals surface area contributed by atoms with Gasteiger partial charge in [-0.1, -0.05) is 18.2 Å². The Morgan fingerprint density at radius 3 is 2.14 bits per heavy atom. The first kappa shape index (κ1) is 12.9. The fourth-order valence-electron chi connectivity index (χ4n) is 2.14. The summed E-state index contributed by atoms with van der Waals surface area (Å²) in [6, 6.07) is 12.7. The lowest BCUT2D eigenvalue weighted by atomic mass is 10.1. The van der Waals surface area contributed by atoms with E-state index >= 15 is 0 Å². The molecular weight excluding hydrogens is 270 g/mol. The molecule has 0 unspecified atom stereocenters. The van der Waals surface area contributed by atoms with Gasteiger partial charge in [0, 0.05) is 11.3 Å². The minimum atomic E-state index is -0.572. The van der Waals surface area contributed by atoms with E-state index in [2.05, 4.69) is 5.43 Å². The third kappa shape index (κ3) is 2.12. The Bertz CT molecular complexity index is 735. The number of nitrogen functional groups attached to an aromatic ring is 1. The number of hydrogen-bond donors (Lipinski definition) is 2. The Hall–Kier alpha value is -3.15. The molecule has 104 valence electrons. The van der Waals surface area contributed by atoms with Gasteiger partial charge in [0.05, 0.1) is 11.1 Å². The molecule has 6 heteroatoms. The minimum Gasteiger partial charge on any atom is -0.399 e. The Labute approximate surface area is 120 Å². The molecule has 2 aromatic carbocycles. The number of fused-ring (bicyclic) bond motifs is 1. The van der Waals surface area contributed by atoms with Gasteiger partial charge in [-0.3, -0.25) is 19.8 Å². The Balaban J connectivity index is 1.85. The van der Waals surface area contributed by atoms with Gasteiger partial charge in [-0.15, -0.1) is 0 Å². The van der Waals surface area contributed by atoms with Crippen molar-refractivity contribution in [3.8, 4) is 0 Å². The number of imide groups is 1. The molecule has 3 rings (SSSR count). The van der Waals surface area contributed by atoms with Crippen LogP contribution in [0.3, 0.4) is 0 Å². The fraction of sp³-hybridized carbons (Fsp3) is 0. The molecule has 0 atom stereocenters. The van der Waals surface area contributed by atoms with E-state index in [1.165, 1.54) is 6.07 Å². The van der Waals surface area contributed by atoms with E-state index in [0.717, 1.165) is 5.01 Å². The van der Waals surface area contributed by atoms with Gasteiger partial charge in [0.2, 0.25) is 0 Å². The van der Waals surface area contributed by atoms with E-state index in [0.29, 0.717) is 5.69 Å². The van der Waals surface area contributed by atoms with Gasteiger partial charge in [-0.2, -0.15) is 5.01 Å². The first-order valence-electron chi connectivity index (χ1n) is 6.22. The predicted octanol–water partition coefficient (Wildman–Crippen LogP) is 1.21. The SMILES string of the molecule is Nc1cccc(C(=O)NN2C(=O)c3ccccc3C2=O)c1. The van der Waals surface area contributed by atoms with Gasteiger partial charge in [-0.25, -0.2) is 0 Å². The summed E-state index contributed by atoms with van der Waals surface area (Å²) in [5.74, 6) is -1.67. The maximum Gasteiger partial charge on any atom is 0.280 e. The van der Waals surface area contributed by atoms with Gasteiger partial charge in [-0.05, 0) is 30.3 Å². The summed E-state index contributed by atoms with van der Waals surface area (Å²) < 4.78 is 0. The van der Waals surface area contributed by atoms with E-state index in [-0.39, 0.29) is 16.7 Å². The lowest BCUT2D eigenvalue weighted by molar-refractivity contribution is 0.0518. The number of nitrogens with two attached hydrogens (primary N) is 1. The van der Waals surface area contributed by atoms with Crippen LogP contribution in [0.5, 0.6) is 0 Å². The molecule has 1 aliphatic rings. The molecular formula is C15H11N3O3. The van der Waals surface area contributed by atoms with E-state index < -0.39 is 17.7 Å². The fourth-order valence-corrected chi connectivity index (χ4v) is 2.14. The zero-order valence-electron chi connectivity index (χ0n) is 10.9. The highest BCUT2D eigenvalue weighted by Crippen LogP contribution is 2.21. The van der Waals surface area contributed by atoms with Crippen molar-refractivity contribution < 1.29 is 14.4 Å². The van der Waals surface area contributed by atoms with Gasteiger partial charge in [0.15, 0.2) is 0 Å². The van der Waals surface area contributed by atoms with Crippen molar-refractivity contribution in [2.45, 2.75) is 0 Å². The second-order valence-electron chi connectivity index (χ2n) is 4.56. The van der Waals surface area contributed by atoms with E-state index in [1.54, 1.807) is 42.5 Å². The van der Waals surface area contributed by atoms with Crippen molar-refractivity contribution in [3.05, 3.63) is 65.2 Å². The normalized spacial score (nSPS) is 13.2. The van der Waals surface area contributed by atoms with Crippen molar-refractivity contribution in [2.24, 2.45) is 0 Å². The number of nitrogens with zero attached hydrogens (tertiary/aromatic N) is 1. The molecule has 1 aliphatic heterocycles. The molecule has 0 saturated heterocycles. The molecule has 2 aromatic rings. The first-order valence-corrected chi connectivity index (χ1v) is 6.22. The van der Waals surface area contributed by atoms with Crippen LogP contribution in [0, 0.1) is 0 Å². The number of hydrogen-bond acceptors (Lipinski definition) is 4. The van der Waals surface area contributed by atoms with Crippen molar-refractivity contribution in [1.29, 1.82) is 0 Å². The summed E-state index contributed by atoms with van der Waals surface area (Å²) in [4.78, 5) is 36.3. The maximum absolute atomic E-state index is 12.1. The third-order valence-corrected chi connectivity index (χ3v) is 3.16. The summed E-state index contributed by atoms with van der Waals surface area (Å²) in [5.41, 5.74) is 9.15. The standard InChI is InChI=1S/C15H11N3O3/c16-10-5-3-4-9(8-10)13(19)17-18-14(20)11-6-1-2-7-12(11)15(18)21/h1-8H,16H2,(H,17,19). The largest absolute Gasteiger partial charge is 0.399 e. The van der Waals surface area contributed by atoms with Crippen molar-refractivity contribution >= 4 is 23.4 Å². The van der Waals surface area contributed by atoms with Crippen molar-refractivity contribution in [2.75, 3.05) is 5.73 Å². The van der Waals surface area contributed by atoms with Crippen LogP contribution in [0.2, 0.25) is 0 Å². The third-order valence-electron chi connectivity index (χ3n) is 3.16. The van der Waals surface area contributed by atoms with Crippen LogP contribution in [0.1, 0.15) is 31.1 Å². The van der Waals surface area contributed by atoms with Crippen LogP contribution in [0.25, 0.3) is 0 Å². The van der Waals surface area contributed by atoms with E-state index in [9.17, 15) is 14.4 Å². The summed E-state index contributed by atoms with van der Waals surface area (Å²) in [6.45, 7) is 0. The van der Waals surface area contributed by atoms with Gasteiger partial charge in [0.25, 0.3) is 17.7 Å². The van der Waals surface area contributed by atoms with Crippen LogP contribution >= 0.6 is 0 Å². The highest BCUT2D eigenvalue weighted by atomic mass is 16.2. The van der Waals surface area contributed by atoms with E-state index in [1.807, 2.05) is 0 Å². The van der Waals surface area contributed by atoms with Crippen LogP contribution in [-0.2, 0) is 0 Å². The molecule has 3 amide bonds. The van der Waals surface area contributed by atoms with Crippen LogP contribution in [0.4, 0.5) is 5.69 Å². The van der Waals surface area contributed by atoms with Gasteiger partial charge in [0.1, 0.15) is 0 Å². The second kappa shape index (κ2) is 4.75. The number of nitrogens with one attached hydrogen (secondary N) is 1. The first-order chi connectivity index (χ1) is 10.1. The van der Waals surface area contributed by atoms with Crippen LogP contribution in [0.15, 0.2) is 48.5 Å².